The number of anilines is 1. The zero-order chi connectivity index (χ0) is 24.5. The average molecular weight is 509 g/mol. The first-order valence-corrected chi connectivity index (χ1v) is 13.2. The van der Waals surface area contributed by atoms with Gasteiger partial charge in [0.05, 0.1) is 21.0 Å². The van der Waals surface area contributed by atoms with Crippen LogP contribution in [0.15, 0.2) is 47.4 Å². The van der Waals surface area contributed by atoms with Gasteiger partial charge in [0.25, 0.3) is 0 Å². The first-order valence-electron chi connectivity index (χ1n) is 10.9. The Kier molecular flexibility index (Phi) is 7.27. The Morgan fingerprint density at radius 1 is 1.12 bits per heavy atom. The number of nitrogens with zero attached hydrogens (tertiary/aromatic N) is 4. The van der Waals surface area contributed by atoms with Crippen LogP contribution in [0.1, 0.15) is 12.8 Å². The summed E-state index contributed by atoms with van der Waals surface area (Å²) in [6.45, 7) is 1.29. The van der Waals surface area contributed by atoms with Gasteiger partial charge in [-0.3, -0.25) is 9.69 Å². The van der Waals surface area contributed by atoms with E-state index in [1.807, 2.05) is 19.0 Å². The molecule has 4 rings (SSSR count). The monoisotopic (exact) mass is 508 g/mol. The average Bonchev–Trinajstić information content (AvgIpc) is 3.22. The number of sulfonamides is 1. The minimum Gasteiger partial charge on any atom is -0.308 e. The number of halogens is 2. The Hall–Kier alpha value is -2.47. The van der Waals surface area contributed by atoms with Crippen molar-refractivity contribution in [3.8, 4) is 0 Å². The SMILES string of the molecule is CN(C)CCN(C(=O)C1CCCN(S(=O)(=O)c2ccc(F)cc2)C1)c1nc2ccc(F)cc2s1. The van der Waals surface area contributed by atoms with Crippen LogP contribution >= 0.6 is 11.3 Å². The van der Waals surface area contributed by atoms with E-state index in [-0.39, 0.29) is 23.2 Å². The van der Waals surface area contributed by atoms with Crippen molar-refractivity contribution in [2.75, 3.05) is 45.2 Å². The van der Waals surface area contributed by atoms with Crippen LogP contribution in [0.4, 0.5) is 13.9 Å². The van der Waals surface area contributed by atoms with E-state index in [0.29, 0.717) is 47.8 Å². The zero-order valence-corrected chi connectivity index (χ0v) is 20.6. The fraction of sp³-hybridized carbons (Fsp3) is 0.391. The van der Waals surface area contributed by atoms with Crippen LogP contribution in [-0.2, 0) is 14.8 Å². The fourth-order valence-electron chi connectivity index (χ4n) is 3.94. The molecule has 11 heteroatoms. The molecule has 0 saturated carbocycles. The predicted molar refractivity (Wildman–Crippen MR) is 128 cm³/mol. The van der Waals surface area contributed by atoms with Gasteiger partial charge in [0, 0.05) is 26.2 Å². The normalized spacial score (nSPS) is 17.4. The van der Waals surface area contributed by atoms with Crippen molar-refractivity contribution in [1.29, 1.82) is 0 Å². The Morgan fingerprint density at radius 2 is 1.82 bits per heavy atom. The summed E-state index contributed by atoms with van der Waals surface area (Å²) in [5.41, 5.74) is 0.605. The summed E-state index contributed by atoms with van der Waals surface area (Å²) < 4.78 is 55.1. The molecule has 1 aromatic heterocycles. The molecule has 0 aliphatic carbocycles. The van der Waals surface area contributed by atoms with Gasteiger partial charge in [-0.05, 0) is 69.4 Å². The van der Waals surface area contributed by atoms with Gasteiger partial charge in [-0.2, -0.15) is 4.31 Å². The lowest BCUT2D eigenvalue weighted by Gasteiger charge is -2.34. The number of thiazole rings is 1. The number of aromatic nitrogens is 1. The molecule has 0 spiro atoms. The van der Waals surface area contributed by atoms with Crippen LogP contribution in [0.25, 0.3) is 10.2 Å². The third-order valence-corrected chi connectivity index (χ3v) is 8.71. The summed E-state index contributed by atoms with van der Waals surface area (Å²) in [5, 5.41) is 0.464. The van der Waals surface area contributed by atoms with Gasteiger partial charge in [0.15, 0.2) is 5.13 Å². The minimum atomic E-state index is -3.85. The van der Waals surface area contributed by atoms with Gasteiger partial charge in [0.1, 0.15) is 11.6 Å². The van der Waals surface area contributed by atoms with E-state index < -0.39 is 21.8 Å². The van der Waals surface area contributed by atoms with E-state index in [2.05, 4.69) is 4.98 Å². The number of carbonyl (C=O) groups excluding carboxylic acids is 1. The zero-order valence-electron chi connectivity index (χ0n) is 18.9. The lowest BCUT2D eigenvalue weighted by atomic mass is 9.98. The number of carbonyl (C=O) groups is 1. The number of piperidine rings is 1. The first-order chi connectivity index (χ1) is 16.1. The van der Waals surface area contributed by atoms with E-state index in [4.69, 9.17) is 0 Å². The molecule has 7 nitrogen and oxygen atoms in total. The molecule has 0 bridgehead atoms. The van der Waals surface area contributed by atoms with Gasteiger partial charge in [-0.25, -0.2) is 22.2 Å². The molecule has 1 saturated heterocycles. The molecule has 0 radical (unpaired) electrons. The first kappa shape index (κ1) is 24.6. The Balaban J connectivity index is 1.59. The molecule has 1 fully saturated rings. The largest absolute Gasteiger partial charge is 0.308 e. The highest BCUT2D eigenvalue weighted by Gasteiger charge is 2.36. The topological polar surface area (TPSA) is 73.8 Å². The van der Waals surface area contributed by atoms with Crippen LogP contribution in [0.3, 0.4) is 0 Å². The molecule has 2 heterocycles. The van der Waals surface area contributed by atoms with Crippen LogP contribution in [0.5, 0.6) is 0 Å². The van der Waals surface area contributed by atoms with E-state index in [1.165, 1.54) is 39.9 Å². The minimum absolute atomic E-state index is 0.000312. The van der Waals surface area contributed by atoms with Gasteiger partial charge in [0.2, 0.25) is 15.9 Å². The lowest BCUT2D eigenvalue weighted by molar-refractivity contribution is -0.123. The van der Waals surface area contributed by atoms with E-state index in [9.17, 15) is 22.0 Å². The molecule has 1 amide bonds. The van der Waals surface area contributed by atoms with Gasteiger partial charge in [-0.15, -0.1) is 0 Å². The second-order valence-electron chi connectivity index (χ2n) is 8.56. The van der Waals surface area contributed by atoms with Crippen LogP contribution < -0.4 is 4.90 Å². The molecule has 182 valence electrons. The Morgan fingerprint density at radius 3 is 2.53 bits per heavy atom. The van der Waals surface area contributed by atoms with Crippen molar-refractivity contribution in [2.45, 2.75) is 17.7 Å². The van der Waals surface area contributed by atoms with Gasteiger partial charge in [-0.1, -0.05) is 11.3 Å². The van der Waals surface area contributed by atoms with Crippen molar-refractivity contribution >= 4 is 42.6 Å². The smallest absolute Gasteiger partial charge is 0.243 e. The van der Waals surface area contributed by atoms with Crippen molar-refractivity contribution < 1.29 is 22.0 Å². The van der Waals surface area contributed by atoms with Crippen molar-refractivity contribution in [1.82, 2.24) is 14.2 Å². The number of amides is 1. The Labute approximate surface area is 201 Å². The number of hydrogen-bond acceptors (Lipinski definition) is 6. The molecular formula is C23H26F2N4O3S2. The maximum absolute atomic E-state index is 13.7. The van der Waals surface area contributed by atoms with Gasteiger partial charge >= 0.3 is 0 Å². The maximum Gasteiger partial charge on any atom is 0.243 e. The molecule has 1 unspecified atom stereocenters. The number of benzene rings is 2. The summed E-state index contributed by atoms with van der Waals surface area (Å²) in [4.78, 5) is 21.7. The second-order valence-corrected chi connectivity index (χ2v) is 11.5. The number of hydrogen-bond donors (Lipinski definition) is 0. The molecule has 1 aliphatic heterocycles. The number of rotatable bonds is 7. The number of likely N-dealkylation sites (N-methyl/N-ethyl adjacent to an activating group) is 1. The van der Waals surface area contributed by atoms with Crippen LogP contribution in [0.2, 0.25) is 0 Å². The molecular weight excluding hydrogens is 482 g/mol. The highest BCUT2D eigenvalue weighted by molar-refractivity contribution is 7.89. The molecule has 0 N–H and O–H groups in total. The second kappa shape index (κ2) is 10.0. The molecule has 1 aliphatic rings. The molecule has 2 aromatic carbocycles. The third kappa shape index (κ3) is 5.27. The van der Waals surface area contributed by atoms with Crippen LogP contribution in [0, 0.1) is 17.6 Å². The predicted octanol–water partition coefficient (Wildman–Crippen LogP) is 3.57. The van der Waals surface area contributed by atoms with E-state index in [1.54, 1.807) is 11.0 Å². The summed E-state index contributed by atoms with van der Waals surface area (Å²) >= 11 is 1.24. The van der Waals surface area contributed by atoms with Crippen LogP contribution in [-0.4, -0.2) is 68.8 Å². The fourth-order valence-corrected chi connectivity index (χ4v) is 6.49. The highest BCUT2D eigenvalue weighted by atomic mass is 32.2. The summed E-state index contributed by atoms with van der Waals surface area (Å²) in [6.07, 6.45) is 1.08. The summed E-state index contributed by atoms with van der Waals surface area (Å²) in [6, 6.07) is 8.99. The van der Waals surface area contributed by atoms with Crippen molar-refractivity contribution in [3.63, 3.8) is 0 Å². The summed E-state index contributed by atoms with van der Waals surface area (Å²) in [5.74, 6) is -1.64. The number of fused-ring (bicyclic) bond motifs is 1. The maximum atomic E-state index is 13.7. The van der Waals surface area contributed by atoms with Gasteiger partial charge < -0.3 is 4.90 Å². The third-order valence-electron chi connectivity index (χ3n) is 5.79. The molecule has 3 aromatic rings. The van der Waals surface area contributed by atoms with E-state index in [0.717, 1.165) is 12.1 Å². The molecule has 34 heavy (non-hydrogen) atoms. The van der Waals surface area contributed by atoms with Crippen molar-refractivity contribution in [3.05, 3.63) is 54.1 Å². The van der Waals surface area contributed by atoms with E-state index >= 15 is 0 Å². The Bertz CT molecular complexity index is 1280. The summed E-state index contributed by atoms with van der Waals surface area (Å²) in [7, 11) is -0.0599. The van der Waals surface area contributed by atoms with Crippen molar-refractivity contribution in [2.24, 2.45) is 5.92 Å². The molecule has 1 atom stereocenters. The quantitative estimate of drug-likeness (QED) is 0.488. The lowest BCUT2D eigenvalue weighted by Crippen LogP contribution is -2.48. The standard InChI is InChI=1S/C23H26F2N4O3S2/c1-27(2)12-13-29(23-26-20-10-7-18(25)14-21(20)33-23)22(30)16-4-3-11-28(15-16)34(31,32)19-8-5-17(24)6-9-19/h5-10,14,16H,3-4,11-13,15H2,1-2H3. The highest BCUT2D eigenvalue weighted by Crippen LogP contribution is 2.32.